The molecule has 1 amide bonds. The van der Waals surface area contributed by atoms with Gasteiger partial charge in [-0.15, -0.1) is 0 Å². The number of amides is 1. The number of fused-ring (bicyclic) bond motifs is 1. The smallest absolute Gasteiger partial charge is 0.337 e. The number of aliphatic hydroxyl groups is 1. The number of carbonyl (C=O) groups excluding carboxylic acids is 1. The Labute approximate surface area is 155 Å². The zero-order chi connectivity index (χ0) is 18.8. The maximum Gasteiger partial charge on any atom is 0.337 e. The van der Waals surface area contributed by atoms with Crippen LogP contribution in [-0.2, 0) is 6.42 Å². The first-order chi connectivity index (χ1) is 12.4. The van der Waals surface area contributed by atoms with Gasteiger partial charge >= 0.3 is 5.97 Å². The highest BCUT2D eigenvalue weighted by atomic mass is 35.5. The van der Waals surface area contributed by atoms with Gasteiger partial charge in [0.15, 0.2) is 0 Å². The first-order valence-corrected chi connectivity index (χ1v) is 8.47. The van der Waals surface area contributed by atoms with Crippen molar-refractivity contribution in [3.8, 4) is 5.75 Å². The topological polar surface area (TPSA) is 95.9 Å². The molecule has 0 saturated heterocycles. The molecule has 0 radical (unpaired) electrons. The number of rotatable bonds is 4. The number of carbonyl (C=O) groups is 2. The molecule has 7 heteroatoms. The molecule has 1 aliphatic rings. The largest absolute Gasteiger partial charge is 0.497 e. The molecule has 0 heterocycles. The fourth-order valence-corrected chi connectivity index (χ4v) is 3.45. The molecule has 0 spiro atoms. The van der Waals surface area contributed by atoms with Gasteiger partial charge in [0.05, 0.1) is 35.4 Å². The Morgan fingerprint density at radius 3 is 2.62 bits per heavy atom. The second-order valence-electron chi connectivity index (χ2n) is 6.10. The van der Waals surface area contributed by atoms with Crippen LogP contribution in [0.5, 0.6) is 5.75 Å². The molecule has 0 aromatic heterocycles. The highest BCUT2D eigenvalue weighted by Gasteiger charge is 2.30. The number of halogens is 1. The Morgan fingerprint density at radius 1 is 1.23 bits per heavy atom. The lowest BCUT2D eigenvalue weighted by Crippen LogP contribution is -2.39. The van der Waals surface area contributed by atoms with Gasteiger partial charge in [-0.2, -0.15) is 0 Å². The molecule has 2 aromatic carbocycles. The fraction of sp³-hybridized carbons (Fsp3) is 0.263. The van der Waals surface area contributed by atoms with E-state index in [4.69, 9.17) is 16.3 Å². The van der Waals surface area contributed by atoms with Crippen molar-refractivity contribution in [2.45, 2.75) is 25.0 Å². The van der Waals surface area contributed by atoms with Crippen LogP contribution in [0, 0.1) is 0 Å². The minimum Gasteiger partial charge on any atom is -0.497 e. The summed E-state index contributed by atoms with van der Waals surface area (Å²) in [6.45, 7) is 0. The first kappa shape index (κ1) is 18.2. The number of aromatic carboxylic acids is 1. The van der Waals surface area contributed by atoms with Crippen LogP contribution in [0.3, 0.4) is 0 Å². The van der Waals surface area contributed by atoms with Crippen molar-refractivity contribution in [3.05, 3.63) is 63.7 Å². The number of carboxylic acids is 1. The summed E-state index contributed by atoms with van der Waals surface area (Å²) in [4.78, 5) is 24.1. The van der Waals surface area contributed by atoms with Gasteiger partial charge in [-0.25, -0.2) is 4.79 Å². The summed E-state index contributed by atoms with van der Waals surface area (Å²) in [6.07, 6.45) is 0.512. The Morgan fingerprint density at radius 2 is 1.92 bits per heavy atom. The molecule has 3 rings (SSSR count). The van der Waals surface area contributed by atoms with Crippen molar-refractivity contribution in [2.24, 2.45) is 0 Å². The van der Waals surface area contributed by atoms with Gasteiger partial charge in [-0.3, -0.25) is 4.79 Å². The van der Waals surface area contributed by atoms with Crippen LogP contribution >= 0.6 is 11.6 Å². The van der Waals surface area contributed by atoms with Gasteiger partial charge in [0.2, 0.25) is 0 Å². The maximum absolute atomic E-state index is 12.8. The van der Waals surface area contributed by atoms with Crippen LogP contribution < -0.4 is 10.1 Å². The van der Waals surface area contributed by atoms with Crippen molar-refractivity contribution in [2.75, 3.05) is 7.11 Å². The van der Waals surface area contributed by atoms with Crippen molar-refractivity contribution < 1.29 is 24.5 Å². The SMILES string of the molecule is COc1cc(C(=O)O)c(Cl)c(C(=O)N[C@H]2c3ccccc3CC[C@H]2O)c1. The monoisotopic (exact) mass is 375 g/mol. The van der Waals surface area contributed by atoms with Crippen LogP contribution in [0.15, 0.2) is 36.4 Å². The van der Waals surface area contributed by atoms with Gasteiger partial charge in [0, 0.05) is 0 Å². The fourth-order valence-electron chi connectivity index (χ4n) is 3.17. The Kier molecular flexibility index (Phi) is 5.15. The molecular weight excluding hydrogens is 358 g/mol. The van der Waals surface area contributed by atoms with Gasteiger partial charge in [0.25, 0.3) is 5.91 Å². The van der Waals surface area contributed by atoms with E-state index in [0.717, 1.165) is 17.5 Å². The van der Waals surface area contributed by atoms with Crippen LogP contribution in [0.4, 0.5) is 0 Å². The van der Waals surface area contributed by atoms with Crippen LogP contribution in [0.1, 0.15) is 44.3 Å². The molecule has 6 nitrogen and oxygen atoms in total. The number of carboxylic acid groups (broad SMARTS) is 1. The van der Waals surface area contributed by atoms with Gasteiger partial charge in [-0.05, 0) is 36.1 Å². The van der Waals surface area contributed by atoms with E-state index in [9.17, 15) is 19.8 Å². The minimum absolute atomic E-state index is 0.0151. The number of nitrogens with one attached hydrogen (secondary N) is 1. The van der Waals surface area contributed by atoms with E-state index < -0.39 is 24.0 Å². The molecule has 0 fully saturated rings. The van der Waals surface area contributed by atoms with E-state index in [-0.39, 0.29) is 21.9 Å². The van der Waals surface area contributed by atoms with Crippen molar-refractivity contribution in [3.63, 3.8) is 0 Å². The lowest BCUT2D eigenvalue weighted by atomic mass is 9.85. The van der Waals surface area contributed by atoms with Crippen molar-refractivity contribution in [1.82, 2.24) is 5.32 Å². The standard InChI is InChI=1S/C19H18ClNO5/c1-26-11-8-13(16(20)14(9-11)19(24)25)18(23)21-17-12-5-3-2-4-10(12)6-7-15(17)22/h2-5,8-9,15,17,22H,6-7H2,1H3,(H,21,23)(H,24,25)/t15-,17+/m1/s1. The number of methoxy groups -OCH3 is 1. The third-order valence-electron chi connectivity index (χ3n) is 4.53. The van der Waals surface area contributed by atoms with E-state index in [0.29, 0.717) is 6.42 Å². The van der Waals surface area contributed by atoms with E-state index in [1.165, 1.54) is 19.2 Å². The van der Waals surface area contributed by atoms with Crippen LogP contribution in [0.2, 0.25) is 5.02 Å². The third kappa shape index (κ3) is 3.38. The minimum atomic E-state index is -1.26. The van der Waals surface area contributed by atoms with E-state index >= 15 is 0 Å². The lowest BCUT2D eigenvalue weighted by molar-refractivity contribution is 0.0696. The van der Waals surface area contributed by atoms with E-state index in [2.05, 4.69) is 5.32 Å². The van der Waals surface area contributed by atoms with E-state index in [1.807, 2.05) is 24.3 Å². The highest BCUT2D eigenvalue weighted by molar-refractivity contribution is 6.36. The molecule has 0 aliphatic heterocycles. The average molecular weight is 376 g/mol. The Bertz CT molecular complexity index is 867. The molecule has 26 heavy (non-hydrogen) atoms. The second-order valence-corrected chi connectivity index (χ2v) is 6.48. The molecule has 0 unspecified atom stereocenters. The number of aryl methyl sites for hydroxylation is 1. The van der Waals surface area contributed by atoms with Crippen LogP contribution in [-0.4, -0.2) is 35.3 Å². The highest BCUT2D eigenvalue weighted by Crippen LogP contribution is 2.32. The molecular formula is C19H18ClNO5. The molecule has 2 aromatic rings. The lowest BCUT2D eigenvalue weighted by Gasteiger charge is -2.31. The number of hydrogen-bond donors (Lipinski definition) is 3. The van der Waals surface area contributed by atoms with Crippen molar-refractivity contribution >= 4 is 23.5 Å². The van der Waals surface area contributed by atoms with Crippen LogP contribution in [0.25, 0.3) is 0 Å². The first-order valence-electron chi connectivity index (χ1n) is 8.10. The molecule has 2 atom stereocenters. The number of aliphatic hydroxyl groups excluding tert-OH is 1. The number of ether oxygens (including phenoxy) is 1. The quantitative estimate of drug-likeness (QED) is 0.763. The van der Waals surface area contributed by atoms with Gasteiger partial charge < -0.3 is 20.3 Å². The summed E-state index contributed by atoms with van der Waals surface area (Å²) in [5.41, 5.74) is 1.67. The second kappa shape index (κ2) is 7.35. The average Bonchev–Trinajstić information content (AvgIpc) is 2.64. The summed E-state index contributed by atoms with van der Waals surface area (Å²) >= 11 is 6.12. The molecule has 136 valence electrons. The summed E-state index contributed by atoms with van der Waals surface area (Å²) in [5.74, 6) is -1.62. The normalized spacial score (nSPS) is 18.7. The molecule has 1 aliphatic carbocycles. The maximum atomic E-state index is 12.8. The van der Waals surface area contributed by atoms with Crippen molar-refractivity contribution in [1.29, 1.82) is 0 Å². The zero-order valence-corrected chi connectivity index (χ0v) is 14.8. The summed E-state index contributed by atoms with van der Waals surface area (Å²) in [7, 11) is 1.37. The molecule has 0 saturated carbocycles. The molecule has 0 bridgehead atoms. The molecule has 3 N–H and O–H groups in total. The van der Waals surface area contributed by atoms with E-state index in [1.54, 1.807) is 0 Å². The summed E-state index contributed by atoms with van der Waals surface area (Å²) in [5, 5.41) is 22.2. The predicted molar refractivity (Wildman–Crippen MR) is 95.9 cm³/mol. The Balaban J connectivity index is 1.96. The number of benzene rings is 2. The predicted octanol–water partition coefficient (Wildman–Crippen LogP) is 2.83. The summed E-state index contributed by atoms with van der Waals surface area (Å²) < 4.78 is 5.07. The zero-order valence-electron chi connectivity index (χ0n) is 14.0. The van der Waals surface area contributed by atoms with Gasteiger partial charge in [0.1, 0.15) is 5.75 Å². The summed E-state index contributed by atoms with van der Waals surface area (Å²) in [6, 6.07) is 9.62. The Hall–Kier alpha value is -2.57. The third-order valence-corrected chi connectivity index (χ3v) is 4.94. The van der Waals surface area contributed by atoms with Gasteiger partial charge in [-0.1, -0.05) is 35.9 Å². The number of hydrogen-bond acceptors (Lipinski definition) is 4.